The van der Waals surface area contributed by atoms with E-state index in [1.165, 1.54) is 0 Å². The lowest BCUT2D eigenvalue weighted by molar-refractivity contribution is 0.0963. The van der Waals surface area contributed by atoms with E-state index >= 15 is 0 Å². The van der Waals surface area contributed by atoms with Crippen LogP contribution in [0, 0.1) is 0 Å². The second-order valence-corrected chi connectivity index (χ2v) is 6.16. The maximum absolute atomic E-state index is 12.0. The van der Waals surface area contributed by atoms with Crippen LogP contribution in [0.2, 0.25) is 5.02 Å². The molecule has 0 fully saturated rings. The first kappa shape index (κ1) is 17.5. The zero-order valence-electron chi connectivity index (χ0n) is 14.2. The van der Waals surface area contributed by atoms with E-state index in [4.69, 9.17) is 16.7 Å². The van der Waals surface area contributed by atoms with E-state index in [0.717, 1.165) is 34.5 Å². The molecule has 2 N–H and O–H groups in total. The monoisotopic (exact) mass is 357 g/mol. The SMILES string of the molecule is CCc1nc2cc(C(=O)NC)c(Cl)cc2n1-c1ccc(CCO)cc1. The van der Waals surface area contributed by atoms with E-state index < -0.39 is 0 Å². The minimum atomic E-state index is -0.229. The Labute approximate surface area is 151 Å². The number of amides is 1. The Hall–Kier alpha value is -2.37. The van der Waals surface area contributed by atoms with Crippen molar-refractivity contribution in [2.75, 3.05) is 13.7 Å². The molecule has 6 heteroatoms. The number of aliphatic hydroxyl groups excluding tert-OH is 1. The van der Waals surface area contributed by atoms with Crippen molar-refractivity contribution in [1.29, 1.82) is 0 Å². The number of nitrogens with one attached hydrogen (secondary N) is 1. The Kier molecular flexibility index (Phi) is 5.06. The van der Waals surface area contributed by atoms with Crippen molar-refractivity contribution in [1.82, 2.24) is 14.9 Å². The first-order valence-corrected chi connectivity index (χ1v) is 8.60. The quantitative estimate of drug-likeness (QED) is 0.737. The third kappa shape index (κ3) is 3.25. The fourth-order valence-corrected chi connectivity index (χ4v) is 3.17. The summed E-state index contributed by atoms with van der Waals surface area (Å²) < 4.78 is 2.05. The van der Waals surface area contributed by atoms with E-state index in [-0.39, 0.29) is 12.5 Å². The predicted molar refractivity (Wildman–Crippen MR) is 99.6 cm³/mol. The van der Waals surface area contributed by atoms with Crippen molar-refractivity contribution < 1.29 is 9.90 Å². The molecule has 3 rings (SSSR count). The lowest BCUT2D eigenvalue weighted by atomic mass is 10.1. The minimum absolute atomic E-state index is 0.130. The van der Waals surface area contributed by atoms with Gasteiger partial charge in [-0.2, -0.15) is 0 Å². The predicted octanol–water partition coefficient (Wildman–Crippen LogP) is 3.14. The average Bonchev–Trinajstić information content (AvgIpc) is 2.98. The Morgan fingerprint density at radius 2 is 2.00 bits per heavy atom. The van der Waals surface area contributed by atoms with E-state index in [0.29, 0.717) is 17.0 Å². The van der Waals surface area contributed by atoms with Gasteiger partial charge in [-0.25, -0.2) is 4.98 Å². The Morgan fingerprint density at radius 1 is 1.28 bits per heavy atom. The highest BCUT2D eigenvalue weighted by atomic mass is 35.5. The molecule has 2 aromatic carbocycles. The van der Waals surface area contributed by atoms with Crippen molar-refractivity contribution in [2.45, 2.75) is 19.8 Å². The summed E-state index contributed by atoms with van der Waals surface area (Å²) in [5, 5.41) is 12.0. The summed E-state index contributed by atoms with van der Waals surface area (Å²) in [6.07, 6.45) is 1.38. The molecule has 25 heavy (non-hydrogen) atoms. The van der Waals surface area contributed by atoms with Gasteiger partial charge in [0.15, 0.2) is 0 Å². The average molecular weight is 358 g/mol. The molecule has 1 aromatic heterocycles. The van der Waals surface area contributed by atoms with E-state index in [2.05, 4.69) is 14.9 Å². The third-order valence-electron chi connectivity index (χ3n) is 4.20. The summed E-state index contributed by atoms with van der Waals surface area (Å²) in [6, 6.07) is 11.5. The fourth-order valence-electron chi connectivity index (χ4n) is 2.92. The number of carbonyl (C=O) groups is 1. The molecule has 0 unspecified atom stereocenters. The summed E-state index contributed by atoms with van der Waals surface area (Å²) >= 11 is 6.33. The normalized spacial score (nSPS) is 11.0. The van der Waals surface area contributed by atoms with Crippen molar-refractivity contribution in [2.24, 2.45) is 0 Å². The van der Waals surface area contributed by atoms with Gasteiger partial charge < -0.3 is 10.4 Å². The molecule has 0 aliphatic carbocycles. The number of hydrogen-bond acceptors (Lipinski definition) is 3. The van der Waals surface area contributed by atoms with Gasteiger partial charge in [-0.1, -0.05) is 30.7 Å². The number of aromatic nitrogens is 2. The summed E-state index contributed by atoms with van der Waals surface area (Å²) in [4.78, 5) is 16.6. The van der Waals surface area contributed by atoms with Crippen LogP contribution in [-0.4, -0.2) is 34.2 Å². The molecule has 0 aliphatic heterocycles. The van der Waals surface area contributed by atoms with Gasteiger partial charge >= 0.3 is 0 Å². The topological polar surface area (TPSA) is 67.2 Å². The molecule has 0 aliphatic rings. The molecule has 1 heterocycles. The summed E-state index contributed by atoms with van der Waals surface area (Å²) in [6.45, 7) is 2.17. The third-order valence-corrected chi connectivity index (χ3v) is 4.51. The second-order valence-electron chi connectivity index (χ2n) is 5.76. The first-order valence-electron chi connectivity index (χ1n) is 8.22. The van der Waals surface area contributed by atoms with Gasteiger partial charge in [0, 0.05) is 25.8 Å². The number of rotatable bonds is 5. The molecule has 0 radical (unpaired) electrons. The molecule has 5 nitrogen and oxygen atoms in total. The molecule has 0 saturated carbocycles. The second kappa shape index (κ2) is 7.25. The highest BCUT2D eigenvalue weighted by Crippen LogP contribution is 2.28. The number of carbonyl (C=O) groups excluding carboxylic acids is 1. The highest BCUT2D eigenvalue weighted by Gasteiger charge is 2.16. The molecular formula is C19H20ClN3O2. The zero-order chi connectivity index (χ0) is 18.0. The number of halogens is 1. The standard InChI is InChI=1S/C19H20ClN3O2/c1-3-18-22-16-10-14(19(25)21-2)15(20)11-17(16)23(18)13-6-4-12(5-7-13)8-9-24/h4-7,10-11,24H,3,8-9H2,1-2H3,(H,21,25). The van der Waals surface area contributed by atoms with Crippen LogP contribution in [0.5, 0.6) is 0 Å². The van der Waals surface area contributed by atoms with Crippen LogP contribution in [0.4, 0.5) is 0 Å². The van der Waals surface area contributed by atoms with Crippen LogP contribution < -0.4 is 5.32 Å². The van der Waals surface area contributed by atoms with Gasteiger partial charge in [-0.05, 0) is 36.2 Å². The minimum Gasteiger partial charge on any atom is -0.396 e. The van der Waals surface area contributed by atoms with Crippen LogP contribution in [0.25, 0.3) is 16.7 Å². The number of benzene rings is 2. The Bertz CT molecular complexity index is 917. The molecular weight excluding hydrogens is 338 g/mol. The zero-order valence-corrected chi connectivity index (χ0v) is 15.0. The smallest absolute Gasteiger partial charge is 0.252 e. The highest BCUT2D eigenvalue weighted by molar-refractivity contribution is 6.34. The summed E-state index contributed by atoms with van der Waals surface area (Å²) in [5.41, 5.74) is 4.07. The Morgan fingerprint density at radius 3 is 2.60 bits per heavy atom. The van der Waals surface area contributed by atoms with Gasteiger partial charge in [-0.15, -0.1) is 0 Å². The van der Waals surface area contributed by atoms with Gasteiger partial charge in [0.2, 0.25) is 0 Å². The van der Waals surface area contributed by atoms with Crippen LogP contribution in [0.15, 0.2) is 36.4 Å². The number of aryl methyl sites for hydroxylation is 1. The van der Waals surface area contributed by atoms with Crippen LogP contribution in [0.1, 0.15) is 28.7 Å². The van der Waals surface area contributed by atoms with Crippen molar-refractivity contribution in [3.63, 3.8) is 0 Å². The maximum Gasteiger partial charge on any atom is 0.252 e. The van der Waals surface area contributed by atoms with Crippen molar-refractivity contribution in [3.05, 3.63) is 58.4 Å². The number of hydrogen-bond donors (Lipinski definition) is 2. The maximum atomic E-state index is 12.0. The lowest BCUT2D eigenvalue weighted by Gasteiger charge is -2.10. The van der Waals surface area contributed by atoms with Gasteiger partial charge in [0.25, 0.3) is 5.91 Å². The van der Waals surface area contributed by atoms with E-state index in [1.54, 1.807) is 19.2 Å². The van der Waals surface area contributed by atoms with Gasteiger partial charge in [0.05, 0.1) is 21.6 Å². The van der Waals surface area contributed by atoms with Crippen molar-refractivity contribution >= 4 is 28.5 Å². The van der Waals surface area contributed by atoms with Crippen LogP contribution in [-0.2, 0) is 12.8 Å². The Balaban J connectivity index is 2.16. The summed E-state index contributed by atoms with van der Waals surface area (Å²) in [7, 11) is 1.58. The summed E-state index contributed by atoms with van der Waals surface area (Å²) in [5.74, 6) is 0.669. The molecule has 0 spiro atoms. The largest absolute Gasteiger partial charge is 0.396 e. The number of nitrogens with zero attached hydrogens (tertiary/aromatic N) is 2. The first-order chi connectivity index (χ1) is 12.1. The molecule has 0 atom stereocenters. The number of aliphatic hydroxyl groups is 1. The van der Waals surface area contributed by atoms with Crippen molar-refractivity contribution in [3.8, 4) is 5.69 Å². The number of fused-ring (bicyclic) bond motifs is 1. The van der Waals surface area contributed by atoms with Crippen LogP contribution in [0.3, 0.4) is 0 Å². The molecule has 1 amide bonds. The van der Waals surface area contributed by atoms with E-state index in [1.807, 2.05) is 31.2 Å². The molecule has 0 saturated heterocycles. The van der Waals surface area contributed by atoms with Gasteiger partial charge in [0.1, 0.15) is 5.82 Å². The molecule has 3 aromatic rings. The van der Waals surface area contributed by atoms with Crippen LogP contribution >= 0.6 is 11.6 Å². The fraction of sp³-hybridized carbons (Fsp3) is 0.263. The number of imidazole rings is 1. The van der Waals surface area contributed by atoms with Gasteiger partial charge in [-0.3, -0.25) is 9.36 Å². The lowest BCUT2D eigenvalue weighted by Crippen LogP contribution is -2.18. The van der Waals surface area contributed by atoms with E-state index in [9.17, 15) is 4.79 Å². The molecule has 130 valence electrons. The molecule has 0 bridgehead atoms.